The Labute approximate surface area is 239 Å². The maximum atomic E-state index is 2.46. The summed E-state index contributed by atoms with van der Waals surface area (Å²) in [6, 6.07) is 58.9. The second kappa shape index (κ2) is 8.40. The number of fused-ring (bicyclic) bond motifs is 7. The summed E-state index contributed by atoms with van der Waals surface area (Å²) >= 11 is 0. The van der Waals surface area contributed by atoms with Gasteiger partial charge in [-0.25, -0.2) is 0 Å². The average molecular weight is 519 g/mol. The summed E-state index contributed by atoms with van der Waals surface area (Å²) < 4.78 is 0. The topological polar surface area (TPSA) is 0 Å². The van der Waals surface area contributed by atoms with Crippen LogP contribution in [0.25, 0.3) is 54.2 Å². The molecule has 0 spiro atoms. The first kappa shape index (κ1) is 22.6. The third-order valence-electron chi connectivity index (χ3n) is 9.23. The van der Waals surface area contributed by atoms with Gasteiger partial charge in [-0.2, -0.15) is 0 Å². The summed E-state index contributed by atoms with van der Waals surface area (Å²) in [5.41, 5.74) is 7.50. The highest BCUT2D eigenvalue weighted by Gasteiger charge is 2.46. The Bertz CT molecular complexity index is 2150. The van der Waals surface area contributed by atoms with E-state index < -0.39 is 5.41 Å². The molecule has 1 aliphatic carbocycles. The summed E-state index contributed by atoms with van der Waals surface area (Å²) in [4.78, 5) is 0. The molecule has 0 bridgehead atoms. The fraction of sp³-hybridized carbons (Fsp3) is 0.0244. The molecule has 0 aromatic heterocycles. The third kappa shape index (κ3) is 3.16. The van der Waals surface area contributed by atoms with Gasteiger partial charge in [0.2, 0.25) is 0 Å². The SMILES string of the molecule is c1ccc2cc(C3(c4ccc5ccccc5c4)c4cc5ccccc5cc4-c4cc5ccccc5cc43)ccc2c1. The van der Waals surface area contributed by atoms with Gasteiger partial charge in [0.1, 0.15) is 0 Å². The van der Waals surface area contributed by atoms with Crippen molar-refractivity contribution in [2.75, 3.05) is 0 Å². The second-order valence-corrected chi connectivity index (χ2v) is 11.4. The minimum atomic E-state index is -0.465. The molecule has 8 aromatic rings. The maximum Gasteiger partial charge on any atom is 0.0714 e. The minimum absolute atomic E-state index is 0.465. The molecule has 0 saturated carbocycles. The van der Waals surface area contributed by atoms with E-state index in [1.54, 1.807) is 0 Å². The van der Waals surface area contributed by atoms with Gasteiger partial charge >= 0.3 is 0 Å². The number of hydrogen-bond acceptors (Lipinski definition) is 0. The van der Waals surface area contributed by atoms with Crippen LogP contribution in [0.1, 0.15) is 22.3 Å². The van der Waals surface area contributed by atoms with Crippen molar-refractivity contribution in [2.45, 2.75) is 5.41 Å². The van der Waals surface area contributed by atoms with Gasteiger partial charge in [0, 0.05) is 0 Å². The molecule has 0 amide bonds. The first-order chi connectivity index (χ1) is 20.3. The highest BCUT2D eigenvalue weighted by Crippen LogP contribution is 2.58. The second-order valence-electron chi connectivity index (χ2n) is 11.4. The first-order valence-electron chi connectivity index (χ1n) is 14.3. The molecule has 41 heavy (non-hydrogen) atoms. The van der Waals surface area contributed by atoms with Crippen molar-refractivity contribution in [1.82, 2.24) is 0 Å². The molecule has 0 fully saturated rings. The lowest BCUT2D eigenvalue weighted by molar-refractivity contribution is 0.773. The van der Waals surface area contributed by atoms with Gasteiger partial charge in [-0.3, -0.25) is 0 Å². The van der Waals surface area contributed by atoms with E-state index in [1.165, 1.54) is 76.5 Å². The fourth-order valence-corrected chi connectivity index (χ4v) is 7.33. The molecule has 0 nitrogen and oxygen atoms in total. The standard InChI is InChI=1S/C41H26/c1-3-11-29-21-35(19-17-27(29)9-1)41(36-20-18-28-10-2-4-12-30(28)22-36)39-25-33-15-7-5-13-31(33)23-37(39)38-24-32-14-6-8-16-34(32)26-40(38)41/h1-26H. The van der Waals surface area contributed by atoms with E-state index in [1.807, 2.05) is 0 Å². The van der Waals surface area contributed by atoms with Gasteiger partial charge in [-0.15, -0.1) is 0 Å². The normalized spacial score (nSPS) is 13.6. The predicted molar refractivity (Wildman–Crippen MR) is 174 cm³/mol. The highest BCUT2D eigenvalue weighted by atomic mass is 14.5. The van der Waals surface area contributed by atoms with Gasteiger partial charge in [0.15, 0.2) is 0 Å². The smallest absolute Gasteiger partial charge is 0.0616 e. The predicted octanol–water partition coefficient (Wildman–Crippen LogP) is 10.7. The first-order valence-corrected chi connectivity index (χ1v) is 14.3. The van der Waals surface area contributed by atoms with Crippen LogP contribution in [0.2, 0.25) is 0 Å². The van der Waals surface area contributed by atoms with Gasteiger partial charge < -0.3 is 0 Å². The molecular weight excluding hydrogens is 492 g/mol. The van der Waals surface area contributed by atoms with Crippen LogP contribution in [0.4, 0.5) is 0 Å². The Balaban J connectivity index is 1.50. The molecule has 8 aromatic carbocycles. The lowest BCUT2D eigenvalue weighted by Crippen LogP contribution is -2.28. The molecule has 9 rings (SSSR count). The van der Waals surface area contributed by atoms with Crippen LogP contribution in [0.15, 0.2) is 158 Å². The van der Waals surface area contributed by atoms with Crippen molar-refractivity contribution >= 4 is 43.1 Å². The van der Waals surface area contributed by atoms with Gasteiger partial charge in [-0.05, 0) is 113 Å². The average Bonchev–Trinajstić information content (AvgIpc) is 3.31. The molecule has 0 heteroatoms. The van der Waals surface area contributed by atoms with Crippen LogP contribution < -0.4 is 0 Å². The largest absolute Gasteiger partial charge is 0.0714 e. The van der Waals surface area contributed by atoms with E-state index in [0.29, 0.717) is 0 Å². The molecule has 1 aliphatic rings. The summed E-state index contributed by atoms with van der Waals surface area (Å²) in [5, 5.41) is 10.2. The van der Waals surface area contributed by atoms with Crippen molar-refractivity contribution in [1.29, 1.82) is 0 Å². The lowest BCUT2D eigenvalue weighted by atomic mass is 9.66. The Hall–Kier alpha value is -5.20. The lowest BCUT2D eigenvalue weighted by Gasteiger charge is -2.34. The molecule has 0 saturated heterocycles. The van der Waals surface area contributed by atoms with Crippen LogP contribution >= 0.6 is 0 Å². The molecule has 0 N–H and O–H groups in total. The molecule has 0 unspecified atom stereocenters. The highest BCUT2D eigenvalue weighted by molar-refractivity contribution is 6.01. The van der Waals surface area contributed by atoms with E-state index >= 15 is 0 Å². The van der Waals surface area contributed by atoms with E-state index in [9.17, 15) is 0 Å². The van der Waals surface area contributed by atoms with Crippen LogP contribution in [-0.2, 0) is 5.41 Å². The molecule has 0 heterocycles. The zero-order valence-corrected chi connectivity index (χ0v) is 22.5. The van der Waals surface area contributed by atoms with Gasteiger partial charge in [0.05, 0.1) is 5.41 Å². The molecule has 0 atom stereocenters. The van der Waals surface area contributed by atoms with Crippen molar-refractivity contribution in [3.8, 4) is 11.1 Å². The molecular formula is C41H26. The van der Waals surface area contributed by atoms with E-state index in [0.717, 1.165) is 0 Å². The van der Waals surface area contributed by atoms with Crippen molar-refractivity contribution < 1.29 is 0 Å². The fourth-order valence-electron chi connectivity index (χ4n) is 7.33. The number of benzene rings is 8. The van der Waals surface area contributed by atoms with Gasteiger partial charge in [-0.1, -0.05) is 121 Å². The van der Waals surface area contributed by atoms with Gasteiger partial charge in [0.25, 0.3) is 0 Å². The van der Waals surface area contributed by atoms with Crippen LogP contribution in [0, 0.1) is 0 Å². The van der Waals surface area contributed by atoms with E-state index in [-0.39, 0.29) is 0 Å². The summed E-state index contributed by atoms with van der Waals surface area (Å²) in [6.45, 7) is 0. The summed E-state index contributed by atoms with van der Waals surface area (Å²) in [6.07, 6.45) is 0. The quantitative estimate of drug-likeness (QED) is 0.213. The Morgan fingerprint density at radius 3 is 0.976 bits per heavy atom. The zero-order chi connectivity index (χ0) is 27.0. The molecule has 190 valence electrons. The van der Waals surface area contributed by atoms with E-state index in [4.69, 9.17) is 0 Å². The van der Waals surface area contributed by atoms with Crippen LogP contribution in [0.5, 0.6) is 0 Å². The zero-order valence-electron chi connectivity index (χ0n) is 22.5. The Morgan fingerprint density at radius 2 is 0.585 bits per heavy atom. The minimum Gasteiger partial charge on any atom is -0.0616 e. The van der Waals surface area contributed by atoms with Crippen molar-refractivity contribution in [2.24, 2.45) is 0 Å². The molecule has 0 radical (unpaired) electrons. The van der Waals surface area contributed by atoms with Crippen molar-refractivity contribution in [3.05, 3.63) is 180 Å². The summed E-state index contributed by atoms with van der Waals surface area (Å²) in [5.74, 6) is 0. The number of hydrogen-bond donors (Lipinski definition) is 0. The number of rotatable bonds is 2. The van der Waals surface area contributed by atoms with Crippen molar-refractivity contribution in [3.63, 3.8) is 0 Å². The Kier molecular flexibility index (Phi) is 4.63. The molecule has 0 aliphatic heterocycles. The maximum absolute atomic E-state index is 2.46. The Morgan fingerprint density at radius 1 is 0.268 bits per heavy atom. The van der Waals surface area contributed by atoms with E-state index in [2.05, 4.69) is 158 Å². The van der Waals surface area contributed by atoms with Crippen LogP contribution in [0.3, 0.4) is 0 Å². The monoisotopic (exact) mass is 518 g/mol. The summed E-state index contributed by atoms with van der Waals surface area (Å²) in [7, 11) is 0. The third-order valence-corrected chi connectivity index (χ3v) is 9.23. The van der Waals surface area contributed by atoms with Crippen LogP contribution in [-0.4, -0.2) is 0 Å².